The number of fused-ring (bicyclic) bond motifs is 5. The van der Waals surface area contributed by atoms with E-state index < -0.39 is 0 Å². The Labute approximate surface area is 180 Å². The normalized spacial score (nSPS) is 41.7. The van der Waals surface area contributed by atoms with Crippen molar-refractivity contribution in [3.63, 3.8) is 0 Å². The lowest BCUT2D eigenvalue weighted by molar-refractivity contribution is -0.0722. The van der Waals surface area contributed by atoms with E-state index in [1.54, 1.807) is 11.8 Å². The number of aromatic nitrogens is 1. The van der Waals surface area contributed by atoms with Crippen molar-refractivity contribution in [1.29, 1.82) is 0 Å². The molecule has 5 rings (SSSR count). The van der Waals surface area contributed by atoms with Crippen molar-refractivity contribution >= 4 is 5.71 Å². The first-order valence-corrected chi connectivity index (χ1v) is 11.9. The summed E-state index contributed by atoms with van der Waals surface area (Å²) in [5.74, 6) is 3.79. The van der Waals surface area contributed by atoms with Crippen LogP contribution in [0.25, 0.3) is 0 Å². The van der Waals surface area contributed by atoms with Gasteiger partial charge < -0.3 is 14.4 Å². The SMILES string of the molecule is Cc1cnc(CCON=C2C=C3CCC4C(CC[C@@]5(C)C4CC[C@@H]5O)[C@@]3(C)CC2)o1. The first-order chi connectivity index (χ1) is 14.4. The second kappa shape index (κ2) is 7.51. The van der Waals surface area contributed by atoms with Gasteiger partial charge in [-0.3, -0.25) is 0 Å². The van der Waals surface area contributed by atoms with Gasteiger partial charge in [-0.15, -0.1) is 0 Å². The Morgan fingerprint density at radius 1 is 1.17 bits per heavy atom. The molecule has 0 spiro atoms. The van der Waals surface area contributed by atoms with E-state index in [1.807, 2.05) is 6.92 Å². The van der Waals surface area contributed by atoms with Crippen LogP contribution in [-0.2, 0) is 11.3 Å². The summed E-state index contributed by atoms with van der Waals surface area (Å²) < 4.78 is 5.49. The second-order valence-corrected chi connectivity index (χ2v) is 10.7. The molecule has 4 aliphatic rings. The fourth-order valence-electron chi connectivity index (χ4n) is 7.39. The molecule has 3 saturated carbocycles. The largest absolute Gasteiger partial charge is 0.446 e. The number of aliphatic hydroxyl groups excluding tert-OH is 1. The minimum atomic E-state index is -0.0873. The van der Waals surface area contributed by atoms with Crippen LogP contribution in [0.2, 0.25) is 0 Å². The van der Waals surface area contributed by atoms with E-state index in [4.69, 9.17) is 9.25 Å². The van der Waals surface area contributed by atoms with E-state index in [0.717, 1.165) is 36.1 Å². The van der Waals surface area contributed by atoms with E-state index in [0.29, 0.717) is 30.3 Å². The maximum absolute atomic E-state index is 10.6. The van der Waals surface area contributed by atoms with Gasteiger partial charge in [0.15, 0.2) is 5.89 Å². The van der Waals surface area contributed by atoms with Crippen molar-refractivity contribution in [3.05, 3.63) is 29.5 Å². The molecule has 4 aliphatic carbocycles. The second-order valence-electron chi connectivity index (χ2n) is 10.7. The van der Waals surface area contributed by atoms with Crippen LogP contribution in [0.15, 0.2) is 27.4 Å². The maximum Gasteiger partial charge on any atom is 0.197 e. The smallest absolute Gasteiger partial charge is 0.197 e. The predicted octanol–water partition coefficient (Wildman–Crippen LogP) is 5.22. The Morgan fingerprint density at radius 3 is 2.83 bits per heavy atom. The minimum absolute atomic E-state index is 0.0873. The molecule has 1 aromatic heterocycles. The van der Waals surface area contributed by atoms with Gasteiger partial charge in [-0.2, -0.15) is 0 Å². The lowest BCUT2D eigenvalue weighted by atomic mass is 9.47. The van der Waals surface area contributed by atoms with E-state index >= 15 is 0 Å². The Balaban J connectivity index is 1.26. The average Bonchev–Trinajstić information content (AvgIpc) is 3.28. The number of nitrogens with zero attached hydrogens (tertiary/aromatic N) is 2. The Bertz CT molecular complexity index is 858. The van der Waals surface area contributed by atoms with E-state index in [1.165, 1.54) is 38.5 Å². The van der Waals surface area contributed by atoms with Gasteiger partial charge in [0.2, 0.25) is 0 Å². The molecule has 1 aromatic rings. The fraction of sp³-hybridized carbons (Fsp3) is 0.760. The Morgan fingerprint density at radius 2 is 2.03 bits per heavy atom. The lowest BCUT2D eigenvalue weighted by Gasteiger charge is -2.57. The first-order valence-electron chi connectivity index (χ1n) is 11.9. The van der Waals surface area contributed by atoms with Crippen LogP contribution >= 0.6 is 0 Å². The summed E-state index contributed by atoms with van der Waals surface area (Å²) >= 11 is 0. The van der Waals surface area contributed by atoms with Crippen LogP contribution in [0.3, 0.4) is 0 Å². The quantitative estimate of drug-likeness (QED) is 0.544. The van der Waals surface area contributed by atoms with Crippen LogP contribution < -0.4 is 0 Å². The van der Waals surface area contributed by atoms with Crippen LogP contribution in [0, 0.1) is 35.5 Å². The Kier molecular flexibility index (Phi) is 5.08. The molecule has 0 radical (unpaired) electrons. The van der Waals surface area contributed by atoms with Crippen molar-refractivity contribution in [1.82, 2.24) is 4.98 Å². The summed E-state index contributed by atoms with van der Waals surface area (Å²) in [4.78, 5) is 9.81. The summed E-state index contributed by atoms with van der Waals surface area (Å²) in [5, 5.41) is 15.1. The molecule has 1 N–H and O–H groups in total. The number of allylic oxidation sites excluding steroid dienone is 2. The van der Waals surface area contributed by atoms with Gasteiger partial charge in [0, 0.05) is 0 Å². The van der Waals surface area contributed by atoms with Crippen molar-refractivity contribution < 1.29 is 14.4 Å². The van der Waals surface area contributed by atoms with Gasteiger partial charge in [0.1, 0.15) is 12.4 Å². The fourth-order valence-corrected chi connectivity index (χ4v) is 7.39. The maximum atomic E-state index is 10.6. The number of rotatable bonds is 4. The van der Waals surface area contributed by atoms with E-state index in [9.17, 15) is 5.11 Å². The summed E-state index contributed by atoms with van der Waals surface area (Å²) in [7, 11) is 0. The minimum Gasteiger partial charge on any atom is -0.446 e. The number of hydrogen-bond donors (Lipinski definition) is 1. The third-order valence-corrected chi connectivity index (χ3v) is 9.19. The molecule has 164 valence electrons. The van der Waals surface area contributed by atoms with Crippen LogP contribution in [0.1, 0.15) is 76.9 Å². The molecule has 6 atom stereocenters. The highest BCUT2D eigenvalue weighted by molar-refractivity contribution is 5.96. The number of aryl methyl sites for hydroxylation is 1. The molecule has 5 nitrogen and oxygen atoms in total. The standard InChI is InChI=1S/C25H36N2O3/c1-16-15-26-23(30-16)10-13-29-27-18-8-11-24(2)17(14-18)4-5-19-20-6-7-22(28)25(20,3)12-9-21(19)24/h14-15,19-22,28H,4-13H2,1-3H3/t19?,20?,21?,22-,24-,25-/m0/s1. The van der Waals surface area contributed by atoms with E-state index in [2.05, 4.69) is 30.1 Å². The van der Waals surface area contributed by atoms with Gasteiger partial charge in [0.05, 0.1) is 24.4 Å². The molecule has 0 amide bonds. The number of oxime groups is 1. The number of oxazole rings is 1. The van der Waals surface area contributed by atoms with Crippen molar-refractivity contribution in [2.45, 2.75) is 84.7 Å². The summed E-state index contributed by atoms with van der Waals surface area (Å²) in [6.45, 7) is 7.27. The molecule has 0 saturated heterocycles. The summed E-state index contributed by atoms with van der Waals surface area (Å²) in [6.07, 6.45) is 13.9. The molecule has 3 unspecified atom stereocenters. The highest BCUT2D eigenvalue weighted by atomic mass is 16.6. The zero-order valence-corrected chi connectivity index (χ0v) is 18.7. The summed E-state index contributed by atoms with van der Waals surface area (Å²) in [5.41, 5.74) is 3.13. The third-order valence-electron chi connectivity index (χ3n) is 9.19. The van der Waals surface area contributed by atoms with Gasteiger partial charge in [0.25, 0.3) is 0 Å². The van der Waals surface area contributed by atoms with Crippen LogP contribution in [0.5, 0.6) is 0 Å². The molecule has 1 heterocycles. The Hall–Kier alpha value is -1.62. The van der Waals surface area contributed by atoms with E-state index in [-0.39, 0.29) is 11.5 Å². The topological polar surface area (TPSA) is 67.9 Å². The number of aliphatic hydroxyl groups is 1. The van der Waals surface area contributed by atoms with Gasteiger partial charge in [-0.25, -0.2) is 4.98 Å². The molecule has 0 bridgehead atoms. The van der Waals surface area contributed by atoms with Crippen molar-refractivity contribution in [2.75, 3.05) is 6.61 Å². The van der Waals surface area contributed by atoms with Gasteiger partial charge in [-0.1, -0.05) is 24.6 Å². The monoisotopic (exact) mass is 412 g/mol. The third kappa shape index (κ3) is 3.24. The van der Waals surface area contributed by atoms with Gasteiger partial charge in [-0.05, 0) is 93.0 Å². The molecular weight excluding hydrogens is 376 g/mol. The first kappa shape index (κ1) is 20.3. The van der Waals surface area contributed by atoms with Crippen molar-refractivity contribution in [2.24, 2.45) is 33.7 Å². The molecule has 0 aromatic carbocycles. The highest BCUT2D eigenvalue weighted by Crippen LogP contribution is 2.65. The van der Waals surface area contributed by atoms with Gasteiger partial charge >= 0.3 is 0 Å². The average molecular weight is 413 g/mol. The highest BCUT2D eigenvalue weighted by Gasteiger charge is 2.58. The number of hydrogen-bond acceptors (Lipinski definition) is 5. The van der Waals surface area contributed by atoms with Crippen LogP contribution in [-0.4, -0.2) is 28.5 Å². The molecule has 30 heavy (non-hydrogen) atoms. The molecule has 3 fully saturated rings. The van der Waals surface area contributed by atoms with Crippen molar-refractivity contribution in [3.8, 4) is 0 Å². The molecular formula is C25H36N2O3. The molecule has 5 heteroatoms. The molecule has 0 aliphatic heterocycles. The predicted molar refractivity (Wildman–Crippen MR) is 116 cm³/mol. The summed E-state index contributed by atoms with van der Waals surface area (Å²) in [6, 6.07) is 0. The van der Waals surface area contributed by atoms with Crippen LogP contribution in [0.4, 0.5) is 0 Å². The zero-order chi connectivity index (χ0) is 20.9. The zero-order valence-electron chi connectivity index (χ0n) is 18.7. The lowest BCUT2D eigenvalue weighted by Crippen LogP contribution is -2.51.